The zero-order valence-electron chi connectivity index (χ0n) is 12.7. The Kier molecular flexibility index (Phi) is 7.88. The monoisotopic (exact) mass is 305 g/mol. The molecule has 0 fully saturated rings. The molecule has 0 bridgehead atoms. The summed E-state index contributed by atoms with van der Waals surface area (Å²) in [5.74, 6) is 1.51. The van der Waals surface area contributed by atoms with E-state index >= 15 is 0 Å². The van der Waals surface area contributed by atoms with Crippen LogP contribution < -0.4 is 10.1 Å². The van der Waals surface area contributed by atoms with Crippen LogP contribution in [0, 0.1) is 0 Å². The highest BCUT2D eigenvalue weighted by Crippen LogP contribution is 2.17. The van der Waals surface area contributed by atoms with E-state index in [1.165, 1.54) is 11.1 Å². The summed E-state index contributed by atoms with van der Waals surface area (Å²) < 4.78 is 5.37. The lowest BCUT2D eigenvalue weighted by Crippen LogP contribution is -2.22. The maximum Gasteiger partial charge on any atom is 0.122 e. The summed E-state index contributed by atoms with van der Waals surface area (Å²) in [5, 5.41) is 3.53. The van der Waals surface area contributed by atoms with E-state index in [0.717, 1.165) is 25.3 Å². The Balaban J connectivity index is 0.00000220. The summed E-state index contributed by atoms with van der Waals surface area (Å²) in [6, 6.07) is 18.8. The van der Waals surface area contributed by atoms with Gasteiger partial charge in [0.2, 0.25) is 0 Å². The molecule has 114 valence electrons. The second kappa shape index (κ2) is 9.43. The number of nitrogens with one attached hydrogen (secondary N) is 1. The van der Waals surface area contributed by atoms with Crippen LogP contribution in [0.1, 0.15) is 24.0 Å². The largest absolute Gasteiger partial charge is 0.496 e. The van der Waals surface area contributed by atoms with Crippen LogP contribution in [0.2, 0.25) is 0 Å². The SMILES string of the molecule is COc1ccccc1CCNCC(C)c1ccccc1.Cl. The van der Waals surface area contributed by atoms with Gasteiger partial charge in [-0.05, 0) is 36.1 Å². The summed E-state index contributed by atoms with van der Waals surface area (Å²) in [5.41, 5.74) is 2.65. The molecule has 2 aromatic rings. The highest BCUT2D eigenvalue weighted by Gasteiger charge is 2.05. The Bertz CT molecular complexity index is 516. The molecule has 0 aliphatic heterocycles. The van der Waals surface area contributed by atoms with Crippen molar-refractivity contribution in [1.82, 2.24) is 5.32 Å². The van der Waals surface area contributed by atoms with Crippen LogP contribution in [0.3, 0.4) is 0 Å². The first kappa shape index (κ1) is 17.5. The maximum absolute atomic E-state index is 5.37. The van der Waals surface area contributed by atoms with Crippen molar-refractivity contribution in [3.63, 3.8) is 0 Å². The minimum absolute atomic E-state index is 0. The van der Waals surface area contributed by atoms with E-state index in [-0.39, 0.29) is 12.4 Å². The van der Waals surface area contributed by atoms with Gasteiger partial charge in [-0.25, -0.2) is 0 Å². The summed E-state index contributed by atoms with van der Waals surface area (Å²) >= 11 is 0. The van der Waals surface area contributed by atoms with E-state index in [1.807, 2.05) is 12.1 Å². The van der Waals surface area contributed by atoms with E-state index in [9.17, 15) is 0 Å². The van der Waals surface area contributed by atoms with Crippen molar-refractivity contribution in [1.29, 1.82) is 0 Å². The minimum Gasteiger partial charge on any atom is -0.496 e. The van der Waals surface area contributed by atoms with Crippen LogP contribution in [0.4, 0.5) is 0 Å². The van der Waals surface area contributed by atoms with Crippen molar-refractivity contribution in [2.75, 3.05) is 20.2 Å². The van der Waals surface area contributed by atoms with Gasteiger partial charge < -0.3 is 10.1 Å². The molecule has 0 saturated heterocycles. The molecule has 2 nitrogen and oxygen atoms in total. The van der Waals surface area contributed by atoms with Gasteiger partial charge in [0, 0.05) is 6.54 Å². The van der Waals surface area contributed by atoms with Crippen LogP contribution in [-0.2, 0) is 6.42 Å². The third-order valence-electron chi connectivity index (χ3n) is 3.58. The number of methoxy groups -OCH3 is 1. The smallest absolute Gasteiger partial charge is 0.122 e. The van der Waals surface area contributed by atoms with Gasteiger partial charge in [-0.2, -0.15) is 0 Å². The van der Waals surface area contributed by atoms with Gasteiger partial charge in [0.15, 0.2) is 0 Å². The van der Waals surface area contributed by atoms with Gasteiger partial charge in [0.25, 0.3) is 0 Å². The number of ether oxygens (including phenoxy) is 1. The Morgan fingerprint density at radius 2 is 1.67 bits per heavy atom. The lowest BCUT2D eigenvalue weighted by atomic mass is 10.0. The van der Waals surface area contributed by atoms with Gasteiger partial charge in [-0.3, -0.25) is 0 Å². The van der Waals surface area contributed by atoms with Crippen molar-refractivity contribution in [3.8, 4) is 5.75 Å². The molecule has 0 amide bonds. The molecule has 0 aliphatic rings. The highest BCUT2D eigenvalue weighted by atomic mass is 35.5. The molecular formula is C18H24ClNO. The van der Waals surface area contributed by atoms with Gasteiger partial charge in [-0.1, -0.05) is 55.5 Å². The minimum atomic E-state index is 0. The van der Waals surface area contributed by atoms with E-state index < -0.39 is 0 Å². The Labute approximate surface area is 133 Å². The molecule has 3 heteroatoms. The zero-order chi connectivity index (χ0) is 14.2. The summed E-state index contributed by atoms with van der Waals surface area (Å²) in [7, 11) is 1.73. The van der Waals surface area contributed by atoms with Crippen LogP contribution in [0.25, 0.3) is 0 Å². The van der Waals surface area contributed by atoms with Gasteiger partial charge >= 0.3 is 0 Å². The zero-order valence-corrected chi connectivity index (χ0v) is 13.5. The third-order valence-corrected chi connectivity index (χ3v) is 3.58. The Morgan fingerprint density at radius 3 is 2.38 bits per heavy atom. The normalized spacial score (nSPS) is 11.5. The van der Waals surface area contributed by atoms with Crippen LogP contribution in [-0.4, -0.2) is 20.2 Å². The van der Waals surface area contributed by atoms with Crippen molar-refractivity contribution in [2.24, 2.45) is 0 Å². The second-order valence-corrected chi connectivity index (χ2v) is 5.08. The van der Waals surface area contributed by atoms with Crippen LogP contribution in [0.5, 0.6) is 5.75 Å². The molecule has 0 saturated carbocycles. The van der Waals surface area contributed by atoms with Crippen molar-refractivity contribution >= 4 is 12.4 Å². The standard InChI is InChI=1S/C18H23NO.ClH/c1-15(16-8-4-3-5-9-16)14-19-13-12-17-10-6-7-11-18(17)20-2;/h3-11,15,19H,12-14H2,1-2H3;1H. The van der Waals surface area contributed by atoms with Gasteiger partial charge in [0.1, 0.15) is 5.75 Å². The van der Waals surface area contributed by atoms with Crippen LogP contribution >= 0.6 is 12.4 Å². The fourth-order valence-electron chi connectivity index (χ4n) is 2.35. The van der Waals surface area contributed by atoms with E-state index in [0.29, 0.717) is 5.92 Å². The number of halogens is 1. The number of rotatable bonds is 7. The summed E-state index contributed by atoms with van der Waals surface area (Å²) in [6.45, 7) is 4.22. The average Bonchev–Trinajstić information content (AvgIpc) is 2.52. The first-order valence-electron chi connectivity index (χ1n) is 7.19. The molecule has 1 N–H and O–H groups in total. The summed E-state index contributed by atoms with van der Waals surface area (Å²) in [6.07, 6.45) is 0.992. The topological polar surface area (TPSA) is 21.3 Å². The highest BCUT2D eigenvalue weighted by molar-refractivity contribution is 5.85. The van der Waals surface area contributed by atoms with Gasteiger partial charge in [0.05, 0.1) is 7.11 Å². The molecule has 0 radical (unpaired) electrons. The molecule has 2 aromatic carbocycles. The predicted octanol–water partition coefficient (Wildman–Crippen LogP) is 4.05. The quantitative estimate of drug-likeness (QED) is 0.779. The molecule has 21 heavy (non-hydrogen) atoms. The number of hydrogen-bond acceptors (Lipinski definition) is 2. The maximum atomic E-state index is 5.37. The first-order chi connectivity index (χ1) is 9.81. The summed E-state index contributed by atoms with van der Waals surface area (Å²) in [4.78, 5) is 0. The van der Waals surface area contributed by atoms with E-state index in [4.69, 9.17) is 4.74 Å². The van der Waals surface area contributed by atoms with Crippen molar-refractivity contribution < 1.29 is 4.74 Å². The van der Waals surface area contributed by atoms with E-state index in [2.05, 4.69) is 54.7 Å². The number of para-hydroxylation sites is 1. The van der Waals surface area contributed by atoms with Crippen molar-refractivity contribution in [2.45, 2.75) is 19.3 Å². The van der Waals surface area contributed by atoms with Crippen LogP contribution in [0.15, 0.2) is 54.6 Å². The Morgan fingerprint density at radius 1 is 1.00 bits per heavy atom. The third kappa shape index (κ3) is 5.41. The predicted molar refractivity (Wildman–Crippen MR) is 91.7 cm³/mol. The van der Waals surface area contributed by atoms with Gasteiger partial charge in [-0.15, -0.1) is 12.4 Å². The average molecular weight is 306 g/mol. The lowest BCUT2D eigenvalue weighted by Gasteiger charge is -2.13. The molecule has 0 aliphatic carbocycles. The Hall–Kier alpha value is -1.51. The molecular weight excluding hydrogens is 282 g/mol. The number of hydrogen-bond donors (Lipinski definition) is 1. The molecule has 0 aromatic heterocycles. The molecule has 1 atom stereocenters. The molecule has 0 spiro atoms. The fourth-order valence-corrected chi connectivity index (χ4v) is 2.35. The molecule has 0 heterocycles. The van der Waals surface area contributed by atoms with Crippen molar-refractivity contribution in [3.05, 3.63) is 65.7 Å². The first-order valence-corrected chi connectivity index (χ1v) is 7.19. The number of benzene rings is 2. The van der Waals surface area contributed by atoms with E-state index in [1.54, 1.807) is 7.11 Å². The molecule has 1 unspecified atom stereocenters. The lowest BCUT2D eigenvalue weighted by molar-refractivity contribution is 0.409. The fraction of sp³-hybridized carbons (Fsp3) is 0.333. The molecule has 2 rings (SSSR count). The second-order valence-electron chi connectivity index (χ2n) is 5.08.